The summed E-state index contributed by atoms with van der Waals surface area (Å²) in [5.41, 5.74) is 3.19. The lowest BCUT2D eigenvalue weighted by atomic mass is 10.1. The van der Waals surface area contributed by atoms with Crippen LogP contribution in [0, 0.1) is 0 Å². The molecule has 0 saturated carbocycles. The van der Waals surface area contributed by atoms with Gasteiger partial charge in [-0.25, -0.2) is 0 Å². The molecule has 3 aromatic carbocycles. The number of halogens is 1. The van der Waals surface area contributed by atoms with E-state index in [1.165, 1.54) is 11.8 Å². The van der Waals surface area contributed by atoms with E-state index in [1.807, 2.05) is 59.5 Å². The summed E-state index contributed by atoms with van der Waals surface area (Å²) in [5, 5.41) is 11.8. The Kier molecular flexibility index (Phi) is 7.72. The lowest BCUT2D eigenvalue weighted by Crippen LogP contribution is -2.48. The number of carbonyl (C=O) groups is 2. The van der Waals surface area contributed by atoms with Crippen LogP contribution in [0.15, 0.2) is 88.5 Å². The number of hydrogen-bond acceptors (Lipinski definition) is 7. The molecule has 10 heteroatoms. The van der Waals surface area contributed by atoms with Crippen LogP contribution in [-0.2, 0) is 4.79 Å². The molecule has 1 fully saturated rings. The summed E-state index contributed by atoms with van der Waals surface area (Å²) in [6.07, 6.45) is 0. The van der Waals surface area contributed by atoms with Crippen molar-refractivity contribution in [3.8, 4) is 11.5 Å². The summed E-state index contributed by atoms with van der Waals surface area (Å²) in [7, 11) is 0. The van der Waals surface area contributed by atoms with Gasteiger partial charge >= 0.3 is 0 Å². The highest BCUT2D eigenvalue weighted by Gasteiger charge is 2.22. The fourth-order valence-corrected chi connectivity index (χ4v) is 4.77. The summed E-state index contributed by atoms with van der Waals surface area (Å²) < 4.78 is 5.63. The van der Waals surface area contributed by atoms with Gasteiger partial charge in [-0.1, -0.05) is 47.6 Å². The van der Waals surface area contributed by atoms with Gasteiger partial charge in [-0.2, -0.15) is 0 Å². The second-order valence-corrected chi connectivity index (χ2v) is 9.78. The van der Waals surface area contributed by atoms with Crippen molar-refractivity contribution in [2.45, 2.75) is 5.22 Å². The Balaban J connectivity index is 1.09. The summed E-state index contributed by atoms with van der Waals surface area (Å²) >= 11 is 7.22. The first-order valence-electron chi connectivity index (χ1n) is 11.8. The van der Waals surface area contributed by atoms with Crippen molar-refractivity contribution in [1.82, 2.24) is 15.1 Å². The number of piperazine rings is 1. The van der Waals surface area contributed by atoms with E-state index in [2.05, 4.69) is 20.4 Å². The van der Waals surface area contributed by atoms with Crippen molar-refractivity contribution in [2.75, 3.05) is 42.1 Å². The van der Waals surface area contributed by atoms with Crippen molar-refractivity contribution >= 4 is 46.6 Å². The Morgan fingerprint density at radius 1 is 0.919 bits per heavy atom. The van der Waals surface area contributed by atoms with Gasteiger partial charge in [-0.15, -0.1) is 10.2 Å². The van der Waals surface area contributed by atoms with Crippen LogP contribution < -0.4 is 10.2 Å². The summed E-state index contributed by atoms with van der Waals surface area (Å²) in [5.74, 6) is 0.412. The van der Waals surface area contributed by atoms with Crippen LogP contribution in [0.4, 0.5) is 11.4 Å². The third kappa shape index (κ3) is 6.31. The molecule has 1 aliphatic rings. The highest BCUT2D eigenvalue weighted by atomic mass is 35.5. The zero-order chi connectivity index (χ0) is 25.6. The zero-order valence-electron chi connectivity index (χ0n) is 19.8. The van der Waals surface area contributed by atoms with Crippen LogP contribution >= 0.6 is 23.4 Å². The van der Waals surface area contributed by atoms with Crippen molar-refractivity contribution in [3.63, 3.8) is 0 Å². The van der Waals surface area contributed by atoms with E-state index in [1.54, 1.807) is 24.3 Å². The highest BCUT2D eigenvalue weighted by molar-refractivity contribution is 7.99. The topological polar surface area (TPSA) is 91.6 Å². The maximum absolute atomic E-state index is 12.7. The molecule has 37 heavy (non-hydrogen) atoms. The minimum Gasteiger partial charge on any atom is -0.411 e. The predicted molar refractivity (Wildman–Crippen MR) is 145 cm³/mol. The van der Waals surface area contributed by atoms with Crippen LogP contribution in [0.3, 0.4) is 0 Å². The number of nitrogens with one attached hydrogen (secondary N) is 1. The van der Waals surface area contributed by atoms with Gasteiger partial charge in [-0.05, 0) is 54.6 Å². The number of carbonyl (C=O) groups excluding carboxylic acids is 2. The molecule has 1 saturated heterocycles. The molecular formula is C27H24ClN5O3S. The van der Waals surface area contributed by atoms with Gasteiger partial charge in [0.05, 0.1) is 5.75 Å². The second kappa shape index (κ2) is 11.5. The molecule has 1 aliphatic heterocycles. The normalized spacial score (nSPS) is 13.4. The lowest BCUT2D eigenvalue weighted by molar-refractivity contribution is -0.113. The largest absolute Gasteiger partial charge is 0.411 e. The molecule has 2 amide bonds. The Labute approximate surface area is 223 Å². The van der Waals surface area contributed by atoms with E-state index in [-0.39, 0.29) is 17.6 Å². The third-order valence-corrected chi connectivity index (χ3v) is 6.96. The average molecular weight is 534 g/mol. The number of rotatable bonds is 7. The molecule has 5 rings (SSSR count). The van der Waals surface area contributed by atoms with E-state index in [0.717, 1.165) is 24.3 Å². The second-order valence-electron chi connectivity index (χ2n) is 8.41. The number of benzene rings is 3. The number of nitrogens with zero attached hydrogens (tertiary/aromatic N) is 4. The SMILES string of the molecule is O=C(CSc1nnc(-c2ccccc2)o1)Nc1ccc(N2CCN(C(=O)c3cccc(Cl)c3)CC2)cc1. The van der Waals surface area contributed by atoms with Gasteiger partial charge < -0.3 is 19.5 Å². The molecule has 0 radical (unpaired) electrons. The number of hydrogen-bond donors (Lipinski definition) is 1. The standard InChI is InChI=1S/C27H24ClN5O3S/c28-21-8-4-7-20(17-21)26(35)33-15-13-32(14-16-33)23-11-9-22(10-12-23)29-24(34)18-37-27-31-30-25(36-27)19-5-2-1-3-6-19/h1-12,17H,13-16,18H2,(H,29,34). The first-order valence-corrected chi connectivity index (χ1v) is 13.1. The highest BCUT2D eigenvalue weighted by Crippen LogP contribution is 2.24. The molecule has 8 nitrogen and oxygen atoms in total. The van der Waals surface area contributed by atoms with Crippen LogP contribution in [0.2, 0.25) is 5.02 Å². The Morgan fingerprint density at radius 2 is 1.68 bits per heavy atom. The Morgan fingerprint density at radius 3 is 2.41 bits per heavy atom. The number of aromatic nitrogens is 2. The van der Waals surface area contributed by atoms with Crippen molar-refractivity contribution in [1.29, 1.82) is 0 Å². The minimum absolute atomic E-state index is 0.00472. The summed E-state index contributed by atoms with van der Waals surface area (Å²) in [6.45, 7) is 2.71. The third-order valence-electron chi connectivity index (χ3n) is 5.91. The molecule has 1 N–H and O–H groups in total. The van der Waals surface area contributed by atoms with Crippen molar-refractivity contribution in [2.24, 2.45) is 0 Å². The lowest BCUT2D eigenvalue weighted by Gasteiger charge is -2.36. The molecule has 0 spiro atoms. The van der Waals surface area contributed by atoms with Gasteiger partial charge in [0.2, 0.25) is 11.8 Å². The molecule has 1 aromatic heterocycles. The molecule has 0 bridgehead atoms. The van der Waals surface area contributed by atoms with Gasteiger partial charge in [0.1, 0.15) is 0 Å². The summed E-state index contributed by atoms with van der Waals surface area (Å²) in [6, 6.07) is 24.2. The molecule has 4 aromatic rings. The van der Waals surface area contributed by atoms with Gasteiger partial charge in [0.15, 0.2) is 0 Å². The maximum atomic E-state index is 12.7. The fourth-order valence-electron chi connectivity index (χ4n) is 4.02. The molecule has 2 heterocycles. The number of thioether (sulfide) groups is 1. The smallest absolute Gasteiger partial charge is 0.277 e. The van der Waals surface area contributed by atoms with Gasteiger partial charge in [0, 0.05) is 53.7 Å². The first-order chi connectivity index (χ1) is 18.0. The predicted octanol–water partition coefficient (Wildman–Crippen LogP) is 5.08. The minimum atomic E-state index is -0.162. The average Bonchev–Trinajstić information content (AvgIpc) is 3.42. The molecule has 188 valence electrons. The number of anilines is 2. The first kappa shape index (κ1) is 24.9. The van der Waals surface area contributed by atoms with Crippen LogP contribution in [0.5, 0.6) is 0 Å². The Hall–Kier alpha value is -3.82. The molecule has 0 atom stereocenters. The quantitative estimate of drug-likeness (QED) is 0.331. The molecular weight excluding hydrogens is 510 g/mol. The van der Waals surface area contributed by atoms with Gasteiger partial charge in [-0.3, -0.25) is 9.59 Å². The van der Waals surface area contributed by atoms with Gasteiger partial charge in [0.25, 0.3) is 11.1 Å². The van der Waals surface area contributed by atoms with E-state index in [9.17, 15) is 9.59 Å². The Bertz CT molecular complexity index is 1370. The van der Waals surface area contributed by atoms with E-state index in [0.29, 0.717) is 40.5 Å². The molecule has 0 unspecified atom stereocenters. The van der Waals surface area contributed by atoms with Crippen molar-refractivity contribution < 1.29 is 14.0 Å². The van der Waals surface area contributed by atoms with Crippen LogP contribution in [0.1, 0.15) is 10.4 Å². The van der Waals surface area contributed by atoms with Crippen molar-refractivity contribution in [3.05, 3.63) is 89.4 Å². The monoisotopic (exact) mass is 533 g/mol. The summed E-state index contributed by atoms with van der Waals surface area (Å²) in [4.78, 5) is 29.2. The van der Waals surface area contributed by atoms with E-state index >= 15 is 0 Å². The number of amides is 2. The van der Waals surface area contributed by atoms with E-state index < -0.39 is 0 Å². The van der Waals surface area contributed by atoms with E-state index in [4.69, 9.17) is 16.0 Å². The fraction of sp³-hybridized carbons (Fsp3) is 0.185. The van der Waals surface area contributed by atoms with Crippen LogP contribution in [0.25, 0.3) is 11.5 Å². The van der Waals surface area contributed by atoms with Crippen LogP contribution in [-0.4, -0.2) is 58.8 Å². The maximum Gasteiger partial charge on any atom is 0.277 e. The zero-order valence-corrected chi connectivity index (χ0v) is 21.4. The molecule has 0 aliphatic carbocycles.